The molecule has 3 aromatic rings. The highest BCUT2D eigenvalue weighted by atomic mass is 35.5. The highest BCUT2D eigenvalue weighted by Gasteiger charge is 2.18. The number of rotatable bonds is 1. The zero-order valence-corrected chi connectivity index (χ0v) is 12.2. The van der Waals surface area contributed by atoms with Crippen LogP contribution in [-0.4, -0.2) is 9.55 Å². The molecular weight excluding hydrogens is 292 g/mol. The lowest BCUT2D eigenvalue weighted by molar-refractivity contribution is 0.720. The average molecular weight is 303 g/mol. The molecule has 1 aliphatic rings. The molecule has 0 N–H and O–H groups in total. The largest absolute Gasteiger partial charge is 0.295 e. The number of benzene rings is 1. The molecule has 2 aromatic heterocycles. The van der Waals surface area contributed by atoms with Crippen molar-refractivity contribution in [3.63, 3.8) is 0 Å². The molecule has 0 aliphatic carbocycles. The first-order chi connectivity index (χ1) is 9.72. The Morgan fingerprint density at radius 1 is 1.25 bits per heavy atom. The molecule has 3 heterocycles. The minimum Gasteiger partial charge on any atom is -0.295 e. The van der Waals surface area contributed by atoms with E-state index in [4.69, 9.17) is 11.6 Å². The van der Waals surface area contributed by atoms with Crippen LogP contribution < -0.4 is 5.56 Å². The third-order valence-corrected chi connectivity index (χ3v) is 5.04. The Balaban J connectivity index is 1.94. The lowest BCUT2D eigenvalue weighted by atomic mass is 10.2. The van der Waals surface area contributed by atoms with Crippen molar-refractivity contribution in [2.24, 2.45) is 0 Å². The molecule has 0 spiro atoms. The first kappa shape index (κ1) is 12.1. The zero-order valence-electron chi connectivity index (χ0n) is 10.6. The van der Waals surface area contributed by atoms with Crippen LogP contribution in [0.1, 0.15) is 12.2 Å². The van der Waals surface area contributed by atoms with Gasteiger partial charge >= 0.3 is 0 Å². The van der Waals surface area contributed by atoms with Crippen molar-refractivity contribution in [3.05, 3.63) is 51.5 Å². The van der Waals surface area contributed by atoms with Gasteiger partial charge in [0.1, 0.15) is 10.5 Å². The van der Waals surface area contributed by atoms with Crippen molar-refractivity contribution in [2.45, 2.75) is 19.4 Å². The van der Waals surface area contributed by atoms with Crippen LogP contribution in [-0.2, 0) is 13.0 Å². The van der Waals surface area contributed by atoms with E-state index in [1.807, 2.05) is 34.9 Å². The maximum atomic E-state index is 12.4. The van der Waals surface area contributed by atoms with Gasteiger partial charge in [0.2, 0.25) is 0 Å². The first-order valence-electron chi connectivity index (χ1n) is 6.51. The standard InChI is InChI=1S/C15H11ClN2OS/c16-10-5-3-9(4-6-10)12-8-11-14(20-12)15(19)18-7-1-2-13(18)17-11/h3-6,8H,1-2,7H2. The monoisotopic (exact) mass is 302 g/mol. The van der Waals surface area contributed by atoms with Crippen LogP contribution in [0.2, 0.25) is 5.02 Å². The van der Waals surface area contributed by atoms with Crippen molar-refractivity contribution < 1.29 is 0 Å². The predicted octanol–water partition coefficient (Wildman–Crippen LogP) is 3.72. The summed E-state index contributed by atoms with van der Waals surface area (Å²) in [5.74, 6) is 0.919. The molecule has 0 saturated carbocycles. The van der Waals surface area contributed by atoms with E-state index < -0.39 is 0 Å². The number of aromatic nitrogens is 2. The normalized spacial score (nSPS) is 13.8. The second-order valence-electron chi connectivity index (χ2n) is 4.92. The fraction of sp³-hybridized carbons (Fsp3) is 0.200. The van der Waals surface area contributed by atoms with Crippen LogP contribution in [0.15, 0.2) is 35.1 Å². The summed E-state index contributed by atoms with van der Waals surface area (Å²) in [7, 11) is 0. The van der Waals surface area contributed by atoms with E-state index in [0.29, 0.717) is 5.02 Å². The number of hydrogen-bond acceptors (Lipinski definition) is 3. The summed E-state index contributed by atoms with van der Waals surface area (Å²) in [6.07, 6.45) is 1.92. The molecule has 100 valence electrons. The second-order valence-corrected chi connectivity index (χ2v) is 6.41. The highest BCUT2D eigenvalue weighted by molar-refractivity contribution is 7.22. The number of hydrogen-bond donors (Lipinski definition) is 0. The zero-order chi connectivity index (χ0) is 13.7. The molecule has 1 aromatic carbocycles. The van der Waals surface area contributed by atoms with Crippen molar-refractivity contribution >= 4 is 33.2 Å². The topological polar surface area (TPSA) is 34.9 Å². The average Bonchev–Trinajstić information content (AvgIpc) is 3.06. The van der Waals surface area contributed by atoms with Gasteiger partial charge in [0.15, 0.2) is 0 Å². The van der Waals surface area contributed by atoms with Crippen LogP contribution >= 0.6 is 22.9 Å². The predicted molar refractivity (Wildman–Crippen MR) is 82.6 cm³/mol. The number of thiophene rings is 1. The van der Waals surface area contributed by atoms with Gasteiger partial charge in [-0.15, -0.1) is 11.3 Å². The van der Waals surface area contributed by atoms with E-state index in [-0.39, 0.29) is 5.56 Å². The van der Waals surface area contributed by atoms with Crippen LogP contribution in [0.25, 0.3) is 20.7 Å². The highest BCUT2D eigenvalue weighted by Crippen LogP contribution is 2.32. The Labute approximate surface area is 124 Å². The summed E-state index contributed by atoms with van der Waals surface area (Å²) in [5, 5.41) is 0.715. The van der Waals surface area contributed by atoms with Gasteiger partial charge in [-0.05, 0) is 30.2 Å². The molecule has 0 amide bonds. The SMILES string of the molecule is O=c1c2sc(-c3ccc(Cl)cc3)cc2nc2n1CCC2. The number of halogens is 1. The molecule has 0 atom stereocenters. The van der Waals surface area contributed by atoms with E-state index in [0.717, 1.165) is 45.9 Å². The summed E-state index contributed by atoms with van der Waals surface area (Å²) >= 11 is 7.42. The van der Waals surface area contributed by atoms with Gasteiger partial charge in [-0.25, -0.2) is 4.98 Å². The molecule has 3 nitrogen and oxygen atoms in total. The lowest BCUT2D eigenvalue weighted by Crippen LogP contribution is -2.19. The van der Waals surface area contributed by atoms with Crippen molar-refractivity contribution in [1.29, 1.82) is 0 Å². The quantitative estimate of drug-likeness (QED) is 0.686. The van der Waals surface area contributed by atoms with Crippen molar-refractivity contribution in [3.8, 4) is 10.4 Å². The first-order valence-corrected chi connectivity index (χ1v) is 7.71. The fourth-order valence-corrected chi connectivity index (χ4v) is 3.81. The Kier molecular flexibility index (Phi) is 2.69. The third-order valence-electron chi connectivity index (χ3n) is 3.62. The molecule has 0 radical (unpaired) electrons. The number of fused-ring (bicyclic) bond motifs is 2. The molecule has 4 rings (SSSR count). The summed E-state index contributed by atoms with van der Waals surface area (Å²) in [6, 6.07) is 9.67. The third kappa shape index (κ3) is 1.79. The number of nitrogens with zero attached hydrogens (tertiary/aromatic N) is 2. The van der Waals surface area contributed by atoms with Gasteiger partial charge in [-0.1, -0.05) is 23.7 Å². The van der Waals surface area contributed by atoms with E-state index >= 15 is 0 Å². The van der Waals surface area contributed by atoms with Crippen LogP contribution in [0.3, 0.4) is 0 Å². The Morgan fingerprint density at radius 3 is 2.85 bits per heavy atom. The minimum atomic E-state index is 0.104. The minimum absolute atomic E-state index is 0.104. The van der Waals surface area contributed by atoms with E-state index in [2.05, 4.69) is 4.98 Å². The van der Waals surface area contributed by atoms with E-state index in [1.54, 1.807) is 0 Å². The fourth-order valence-electron chi connectivity index (χ4n) is 2.63. The summed E-state index contributed by atoms with van der Waals surface area (Å²) in [5.41, 5.74) is 1.99. The molecule has 0 fully saturated rings. The molecule has 20 heavy (non-hydrogen) atoms. The molecule has 0 bridgehead atoms. The van der Waals surface area contributed by atoms with Crippen molar-refractivity contribution in [2.75, 3.05) is 0 Å². The molecular formula is C15H11ClN2OS. The lowest BCUT2D eigenvalue weighted by Gasteiger charge is -2.00. The summed E-state index contributed by atoms with van der Waals surface area (Å²) in [4.78, 5) is 18.1. The maximum absolute atomic E-state index is 12.4. The number of aryl methyl sites for hydroxylation is 1. The Morgan fingerprint density at radius 2 is 2.05 bits per heavy atom. The smallest absolute Gasteiger partial charge is 0.271 e. The van der Waals surface area contributed by atoms with Gasteiger partial charge in [0.05, 0.1) is 5.52 Å². The maximum Gasteiger partial charge on any atom is 0.271 e. The molecule has 0 saturated heterocycles. The van der Waals surface area contributed by atoms with Gasteiger partial charge in [0.25, 0.3) is 5.56 Å². The van der Waals surface area contributed by atoms with Gasteiger partial charge in [-0.2, -0.15) is 0 Å². The molecule has 1 aliphatic heterocycles. The molecule has 5 heteroatoms. The summed E-state index contributed by atoms with van der Waals surface area (Å²) < 4.78 is 2.56. The molecule has 0 unspecified atom stereocenters. The second kappa shape index (κ2) is 4.43. The van der Waals surface area contributed by atoms with Crippen molar-refractivity contribution in [1.82, 2.24) is 9.55 Å². The summed E-state index contributed by atoms with van der Waals surface area (Å²) in [6.45, 7) is 0.797. The van der Waals surface area contributed by atoms with Gasteiger partial charge < -0.3 is 0 Å². The van der Waals surface area contributed by atoms with Crippen LogP contribution in [0, 0.1) is 0 Å². The Bertz CT molecular complexity index is 864. The van der Waals surface area contributed by atoms with E-state index in [9.17, 15) is 4.79 Å². The van der Waals surface area contributed by atoms with Crippen LogP contribution in [0.4, 0.5) is 0 Å². The Hall–Kier alpha value is -1.65. The van der Waals surface area contributed by atoms with Gasteiger partial charge in [-0.3, -0.25) is 9.36 Å². The van der Waals surface area contributed by atoms with E-state index in [1.165, 1.54) is 11.3 Å². The van der Waals surface area contributed by atoms with Crippen LogP contribution in [0.5, 0.6) is 0 Å². The van der Waals surface area contributed by atoms with Gasteiger partial charge in [0, 0.05) is 22.9 Å².